The van der Waals surface area contributed by atoms with E-state index in [-0.39, 0.29) is 11.3 Å². The summed E-state index contributed by atoms with van der Waals surface area (Å²) in [6.45, 7) is 4.13. The summed E-state index contributed by atoms with van der Waals surface area (Å²) >= 11 is 0. The number of rotatable bonds is 7. The maximum Gasteiger partial charge on any atom is 0.271 e. The van der Waals surface area contributed by atoms with Crippen molar-refractivity contribution < 1.29 is 9.72 Å². The van der Waals surface area contributed by atoms with Crippen LogP contribution in [0.4, 0.5) is 22.7 Å². The number of hydrogen-bond acceptors (Lipinski definition) is 5. The van der Waals surface area contributed by atoms with Gasteiger partial charge in [0.15, 0.2) is 0 Å². The lowest BCUT2D eigenvalue weighted by molar-refractivity contribution is -0.384. The van der Waals surface area contributed by atoms with Gasteiger partial charge < -0.3 is 4.90 Å². The largest absolute Gasteiger partial charge is 0.311 e. The monoisotopic (exact) mass is 464 g/mol. The van der Waals surface area contributed by atoms with Crippen LogP contribution in [0, 0.1) is 24.0 Å². The molecule has 0 saturated heterocycles. The molecule has 4 aromatic rings. The van der Waals surface area contributed by atoms with Crippen LogP contribution >= 0.6 is 0 Å². The van der Waals surface area contributed by atoms with Gasteiger partial charge in [-0.05, 0) is 67.9 Å². The highest BCUT2D eigenvalue weighted by Crippen LogP contribution is 2.34. The number of aryl methyl sites for hydroxylation is 2. The van der Waals surface area contributed by atoms with Crippen molar-refractivity contribution in [1.29, 1.82) is 0 Å². The van der Waals surface area contributed by atoms with Crippen LogP contribution < -0.4 is 10.3 Å². The van der Waals surface area contributed by atoms with Crippen LogP contribution in [0.3, 0.4) is 0 Å². The molecule has 4 rings (SSSR count). The molecule has 7 nitrogen and oxygen atoms in total. The summed E-state index contributed by atoms with van der Waals surface area (Å²) in [5.41, 5.74) is 8.95. The fourth-order valence-electron chi connectivity index (χ4n) is 3.51. The van der Waals surface area contributed by atoms with E-state index < -0.39 is 10.8 Å². The summed E-state index contributed by atoms with van der Waals surface area (Å²) in [4.78, 5) is 24.6. The molecule has 0 aliphatic rings. The second kappa shape index (κ2) is 10.4. The number of nitro benzene ring substituents is 1. The molecule has 0 heterocycles. The quantitative estimate of drug-likeness (QED) is 0.193. The molecule has 174 valence electrons. The summed E-state index contributed by atoms with van der Waals surface area (Å²) in [6.07, 6.45) is 1.55. The zero-order valence-corrected chi connectivity index (χ0v) is 19.4. The zero-order valence-electron chi connectivity index (χ0n) is 19.4. The van der Waals surface area contributed by atoms with Gasteiger partial charge in [-0.3, -0.25) is 14.9 Å². The van der Waals surface area contributed by atoms with Gasteiger partial charge in [0.25, 0.3) is 11.6 Å². The third kappa shape index (κ3) is 5.78. The lowest BCUT2D eigenvalue weighted by atomic mass is 10.1. The molecule has 0 spiro atoms. The second-order valence-corrected chi connectivity index (χ2v) is 8.10. The van der Waals surface area contributed by atoms with E-state index in [0.717, 1.165) is 22.6 Å². The van der Waals surface area contributed by atoms with Crippen molar-refractivity contribution >= 4 is 34.9 Å². The number of carbonyl (C=O) groups excluding carboxylic acids is 1. The Bertz CT molecular complexity index is 1300. The van der Waals surface area contributed by atoms with E-state index in [4.69, 9.17) is 0 Å². The van der Waals surface area contributed by atoms with Gasteiger partial charge in [0.2, 0.25) is 0 Å². The third-order valence-electron chi connectivity index (χ3n) is 5.46. The van der Waals surface area contributed by atoms with Gasteiger partial charge in [0.1, 0.15) is 0 Å². The number of carbonyl (C=O) groups is 1. The van der Waals surface area contributed by atoms with E-state index in [1.54, 1.807) is 6.21 Å². The normalized spacial score (nSPS) is 10.8. The van der Waals surface area contributed by atoms with Crippen molar-refractivity contribution in [2.24, 2.45) is 5.10 Å². The van der Waals surface area contributed by atoms with E-state index in [9.17, 15) is 14.9 Å². The first-order valence-corrected chi connectivity index (χ1v) is 11.0. The molecule has 4 aromatic carbocycles. The third-order valence-corrected chi connectivity index (χ3v) is 5.46. The highest BCUT2D eigenvalue weighted by Gasteiger charge is 2.12. The SMILES string of the molecule is Cc1ccc(N(c2ccc(C)cc2)c2ccc(/C=N/NC(=O)c3ccc([N+](=O)[O-])cc3)cc2)cc1. The van der Waals surface area contributed by atoms with Crippen molar-refractivity contribution in [1.82, 2.24) is 5.43 Å². The molecule has 0 aliphatic carbocycles. The molecule has 7 heteroatoms. The zero-order chi connectivity index (χ0) is 24.8. The van der Waals surface area contributed by atoms with Crippen molar-refractivity contribution in [2.75, 3.05) is 4.90 Å². The van der Waals surface area contributed by atoms with Crippen LogP contribution in [-0.4, -0.2) is 17.0 Å². The van der Waals surface area contributed by atoms with E-state index in [1.165, 1.54) is 35.4 Å². The Labute approximate surface area is 203 Å². The Morgan fingerprint density at radius 2 is 1.23 bits per heavy atom. The Balaban J connectivity index is 1.50. The highest BCUT2D eigenvalue weighted by atomic mass is 16.6. The van der Waals surface area contributed by atoms with Crippen LogP contribution in [0.1, 0.15) is 27.0 Å². The first-order chi connectivity index (χ1) is 16.9. The van der Waals surface area contributed by atoms with Crippen LogP contribution in [0.15, 0.2) is 102 Å². The van der Waals surface area contributed by atoms with Gasteiger partial charge in [-0.25, -0.2) is 5.43 Å². The first-order valence-electron chi connectivity index (χ1n) is 11.0. The minimum Gasteiger partial charge on any atom is -0.311 e. The number of hydrogen-bond donors (Lipinski definition) is 1. The molecular formula is C28H24N4O3. The smallest absolute Gasteiger partial charge is 0.271 e. The molecule has 0 atom stereocenters. The molecule has 0 aliphatic heterocycles. The van der Waals surface area contributed by atoms with E-state index in [0.29, 0.717) is 0 Å². The summed E-state index contributed by atoms with van der Waals surface area (Å²) in [7, 11) is 0. The average Bonchev–Trinajstić information content (AvgIpc) is 2.87. The molecule has 1 N–H and O–H groups in total. The van der Waals surface area contributed by atoms with Crippen LogP contribution in [0.2, 0.25) is 0 Å². The standard InChI is InChI=1S/C28H24N4O3/c1-20-3-11-24(12-4-20)31(25-13-5-21(2)6-14-25)26-15-7-22(8-16-26)19-29-30-28(33)23-9-17-27(18-10-23)32(34)35/h3-19H,1-2H3,(H,30,33)/b29-19+. The van der Waals surface area contributed by atoms with Gasteiger partial charge in [0.05, 0.1) is 11.1 Å². The van der Waals surface area contributed by atoms with Crippen molar-refractivity contribution in [3.8, 4) is 0 Å². The predicted molar refractivity (Wildman–Crippen MR) is 139 cm³/mol. The Morgan fingerprint density at radius 1 is 0.771 bits per heavy atom. The van der Waals surface area contributed by atoms with Crippen LogP contribution in [0.5, 0.6) is 0 Å². The molecule has 0 fully saturated rings. The number of anilines is 3. The minimum absolute atomic E-state index is 0.0736. The molecule has 0 aromatic heterocycles. The van der Waals surface area contributed by atoms with E-state index >= 15 is 0 Å². The Hall–Kier alpha value is -4.78. The number of nitrogens with one attached hydrogen (secondary N) is 1. The maximum absolute atomic E-state index is 12.2. The Morgan fingerprint density at radius 3 is 1.69 bits per heavy atom. The molecule has 0 saturated carbocycles. The number of hydrazone groups is 1. The van der Waals surface area contributed by atoms with Gasteiger partial charge in [-0.15, -0.1) is 0 Å². The molecule has 0 unspecified atom stereocenters. The van der Waals surface area contributed by atoms with Gasteiger partial charge in [0, 0.05) is 34.8 Å². The lowest BCUT2D eigenvalue weighted by Crippen LogP contribution is -2.17. The first kappa shape index (κ1) is 23.4. The van der Waals surface area contributed by atoms with E-state index in [1.807, 2.05) is 24.3 Å². The highest BCUT2D eigenvalue weighted by molar-refractivity contribution is 5.95. The lowest BCUT2D eigenvalue weighted by Gasteiger charge is -2.25. The van der Waals surface area contributed by atoms with Gasteiger partial charge >= 0.3 is 0 Å². The number of nitro groups is 1. The summed E-state index contributed by atoms with van der Waals surface area (Å²) in [5, 5.41) is 14.8. The molecule has 35 heavy (non-hydrogen) atoms. The van der Waals surface area contributed by atoms with Crippen molar-refractivity contribution in [3.05, 3.63) is 129 Å². The summed E-state index contributed by atoms with van der Waals surface area (Å²) in [6, 6.07) is 29.9. The van der Waals surface area contributed by atoms with Crippen LogP contribution in [-0.2, 0) is 0 Å². The van der Waals surface area contributed by atoms with Crippen molar-refractivity contribution in [3.63, 3.8) is 0 Å². The number of benzene rings is 4. The molecule has 0 bridgehead atoms. The summed E-state index contributed by atoms with van der Waals surface area (Å²) < 4.78 is 0. The fourth-order valence-corrected chi connectivity index (χ4v) is 3.51. The fraction of sp³-hybridized carbons (Fsp3) is 0.0714. The maximum atomic E-state index is 12.2. The van der Waals surface area contributed by atoms with Gasteiger partial charge in [-0.2, -0.15) is 5.10 Å². The van der Waals surface area contributed by atoms with E-state index in [2.05, 4.69) is 77.8 Å². The van der Waals surface area contributed by atoms with Crippen LogP contribution in [0.25, 0.3) is 0 Å². The number of non-ortho nitro benzene ring substituents is 1. The minimum atomic E-state index is -0.512. The van der Waals surface area contributed by atoms with Crippen molar-refractivity contribution in [2.45, 2.75) is 13.8 Å². The molecule has 0 radical (unpaired) electrons. The number of nitrogens with zero attached hydrogens (tertiary/aromatic N) is 3. The predicted octanol–water partition coefficient (Wildman–Crippen LogP) is 6.45. The summed E-state index contributed by atoms with van der Waals surface area (Å²) in [5.74, 6) is -0.447. The average molecular weight is 465 g/mol. The topological polar surface area (TPSA) is 87.8 Å². The molecule has 1 amide bonds. The molecular weight excluding hydrogens is 440 g/mol. The van der Waals surface area contributed by atoms with Gasteiger partial charge in [-0.1, -0.05) is 47.5 Å². The second-order valence-electron chi connectivity index (χ2n) is 8.10. The Kier molecular flexibility index (Phi) is 6.97. The number of amides is 1.